The molecule has 1 aliphatic rings. The van der Waals surface area contributed by atoms with Crippen LogP contribution in [0.5, 0.6) is 0 Å². The topological polar surface area (TPSA) is 33.2 Å². The molecule has 2 rings (SSSR count). The molecule has 1 aromatic rings. The number of thiol groups is 1. The van der Waals surface area contributed by atoms with Crippen molar-refractivity contribution in [3.8, 4) is 0 Å². The minimum atomic E-state index is -4.47. The number of alkyl halides is 3. The molecule has 1 atom stereocenters. The lowest BCUT2D eigenvalue weighted by Crippen LogP contribution is -2.26. The smallest absolute Gasteiger partial charge is 0.309 e. The zero-order valence-corrected chi connectivity index (χ0v) is 10.4. The van der Waals surface area contributed by atoms with E-state index in [-0.39, 0.29) is 16.9 Å². The van der Waals surface area contributed by atoms with E-state index in [2.05, 4.69) is 17.6 Å². The van der Waals surface area contributed by atoms with E-state index in [9.17, 15) is 18.0 Å². The van der Waals surface area contributed by atoms with Crippen LogP contribution in [0, 0.1) is 6.92 Å². The number of rotatable bonds is 1. The molecule has 3 nitrogen and oxygen atoms in total. The van der Waals surface area contributed by atoms with Gasteiger partial charge in [0.1, 0.15) is 5.69 Å². The lowest BCUT2D eigenvalue weighted by atomic mass is 10.2. The van der Waals surface area contributed by atoms with Gasteiger partial charge in [-0.2, -0.15) is 25.8 Å². The summed E-state index contributed by atoms with van der Waals surface area (Å²) in [7, 11) is 0. The summed E-state index contributed by atoms with van der Waals surface area (Å²) < 4.78 is 37.4. The fraction of sp³-hybridized carbons (Fsp3) is 0.455. The molecule has 0 radical (unpaired) electrons. The number of pyridine rings is 1. The van der Waals surface area contributed by atoms with Crippen molar-refractivity contribution in [3.63, 3.8) is 0 Å². The number of amides is 1. The number of nitrogens with zero attached hydrogens (tertiary/aromatic N) is 2. The number of halogens is 3. The Hall–Kier alpha value is -1.24. The summed E-state index contributed by atoms with van der Waals surface area (Å²) in [5, 5.41) is -0.0841. The summed E-state index contributed by atoms with van der Waals surface area (Å²) in [5.41, 5.74) is -0.331. The standard InChI is InChI=1S/C11H11F3N2OS/c1-6-8(16-5-7(18)4-10(16)17)2-3-9(15-6)11(12,13)14/h2-3,7,18H,4-5H2,1H3. The Morgan fingerprint density at radius 2 is 2.11 bits per heavy atom. The van der Waals surface area contributed by atoms with Crippen LogP contribution in [0.4, 0.5) is 18.9 Å². The summed E-state index contributed by atoms with van der Waals surface area (Å²) in [6.07, 6.45) is -4.17. The monoisotopic (exact) mass is 276 g/mol. The molecule has 0 aliphatic carbocycles. The second kappa shape index (κ2) is 4.46. The molecule has 0 bridgehead atoms. The van der Waals surface area contributed by atoms with Gasteiger partial charge < -0.3 is 4.90 Å². The Morgan fingerprint density at radius 1 is 1.44 bits per heavy atom. The van der Waals surface area contributed by atoms with Gasteiger partial charge in [-0.3, -0.25) is 4.79 Å². The van der Waals surface area contributed by atoms with Crippen molar-refractivity contribution in [3.05, 3.63) is 23.5 Å². The van der Waals surface area contributed by atoms with Gasteiger partial charge in [0.25, 0.3) is 0 Å². The van der Waals surface area contributed by atoms with Gasteiger partial charge in [-0.15, -0.1) is 0 Å². The van der Waals surface area contributed by atoms with Gasteiger partial charge in [0.2, 0.25) is 5.91 Å². The number of hydrogen-bond acceptors (Lipinski definition) is 3. The van der Waals surface area contributed by atoms with Crippen molar-refractivity contribution in [2.75, 3.05) is 11.4 Å². The molecule has 0 saturated carbocycles. The molecular formula is C11H11F3N2OS. The van der Waals surface area contributed by atoms with Crippen molar-refractivity contribution < 1.29 is 18.0 Å². The first kappa shape index (κ1) is 13.2. The van der Waals surface area contributed by atoms with Crippen molar-refractivity contribution in [2.24, 2.45) is 0 Å². The zero-order chi connectivity index (χ0) is 13.5. The second-order valence-electron chi connectivity index (χ2n) is 4.16. The highest BCUT2D eigenvalue weighted by Crippen LogP contribution is 2.31. The van der Waals surface area contributed by atoms with Crippen LogP contribution in [-0.4, -0.2) is 22.7 Å². The predicted molar refractivity (Wildman–Crippen MR) is 63.7 cm³/mol. The summed E-state index contributed by atoms with van der Waals surface area (Å²) in [4.78, 5) is 16.6. The third-order valence-electron chi connectivity index (χ3n) is 2.74. The maximum Gasteiger partial charge on any atom is 0.433 e. The second-order valence-corrected chi connectivity index (χ2v) is 4.89. The summed E-state index contributed by atoms with van der Waals surface area (Å²) in [6, 6.07) is 2.18. The molecule has 1 saturated heterocycles. The molecule has 1 aromatic heterocycles. The Kier molecular flexibility index (Phi) is 3.27. The summed E-state index contributed by atoms with van der Waals surface area (Å²) >= 11 is 4.20. The minimum absolute atomic E-state index is 0.0841. The van der Waals surface area contributed by atoms with Crippen molar-refractivity contribution >= 4 is 24.2 Å². The first-order chi connectivity index (χ1) is 8.29. The Bertz CT molecular complexity index is 490. The number of aryl methyl sites for hydroxylation is 1. The third-order valence-corrected chi connectivity index (χ3v) is 3.09. The fourth-order valence-corrected chi connectivity index (χ4v) is 2.24. The molecule has 0 N–H and O–H groups in total. The van der Waals surface area contributed by atoms with Crippen LogP contribution in [0.1, 0.15) is 17.8 Å². The van der Waals surface area contributed by atoms with E-state index in [0.717, 1.165) is 6.07 Å². The third kappa shape index (κ3) is 2.45. The van der Waals surface area contributed by atoms with Gasteiger partial charge in [0, 0.05) is 18.2 Å². The van der Waals surface area contributed by atoms with E-state index in [0.29, 0.717) is 18.7 Å². The number of aromatic nitrogens is 1. The Labute approximate surface area is 107 Å². The molecule has 2 heterocycles. The van der Waals surface area contributed by atoms with Gasteiger partial charge in [-0.1, -0.05) is 0 Å². The largest absolute Gasteiger partial charge is 0.433 e. The quantitative estimate of drug-likeness (QED) is 0.799. The van der Waals surface area contributed by atoms with Crippen molar-refractivity contribution in [2.45, 2.75) is 24.8 Å². The molecule has 1 fully saturated rings. The van der Waals surface area contributed by atoms with E-state index in [1.807, 2.05) is 0 Å². The van der Waals surface area contributed by atoms with Gasteiger partial charge in [-0.25, -0.2) is 4.98 Å². The zero-order valence-electron chi connectivity index (χ0n) is 9.53. The lowest BCUT2D eigenvalue weighted by Gasteiger charge is -2.19. The van der Waals surface area contributed by atoms with Gasteiger partial charge in [0.15, 0.2) is 0 Å². The summed E-state index contributed by atoms with van der Waals surface area (Å²) in [5.74, 6) is -0.139. The number of carbonyl (C=O) groups excluding carboxylic acids is 1. The van der Waals surface area contributed by atoms with E-state index in [1.54, 1.807) is 0 Å². The maximum absolute atomic E-state index is 12.5. The first-order valence-corrected chi connectivity index (χ1v) is 5.84. The molecule has 1 amide bonds. The fourth-order valence-electron chi connectivity index (χ4n) is 1.92. The van der Waals surface area contributed by atoms with Gasteiger partial charge >= 0.3 is 6.18 Å². The van der Waals surface area contributed by atoms with Crippen LogP contribution in [0.25, 0.3) is 0 Å². The molecule has 0 spiro atoms. The van der Waals surface area contributed by atoms with Crippen LogP contribution in [0.3, 0.4) is 0 Å². The van der Waals surface area contributed by atoms with Gasteiger partial charge in [0.05, 0.1) is 11.4 Å². The first-order valence-electron chi connectivity index (χ1n) is 5.32. The average Bonchev–Trinajstić information content (AvgIpc) is 2.56. The van der Waals surface area contributed by atoms with E-state index >= 15 is 0 Å². The van der Waals surface area contributed by atoms with E-state index in [4.69, 9.17) is 0 Å². The number of anilines is 1. The average molecular weight is 276 g/mol. The summed E-state index contributed by atoms with van der Waals surface area (Å²) in [6.45, 7) is 1.86. The SMILES string of the molecule is Cc1nc(C(F)(F)F)ccc1N1CC(S)CC1=O. The molecule has 1 aliphatic heterocycles. The van der Waals surface area contributed by atoms with Crippen LogP contribution in [-0.2, 0) is 11.0 Å². The number of carbonyl (C=O) groups is 1. The Morgan fingerprint density at radius 3 is 2.56 bits per heavy atom. The maximum atomic E-state index is 12.5. The highest BCUT2D eigenvalue weighted by atomic mass is 32.1. The van der Waals surface area contributed by atoms with E-state index < -0.39 is 11.9 Å². The van der Waals surface area contributed by atoms with Crippen molar-refractivity contribution in [1.29, 1.82) is 0 Å². The molecule has 0 aromatic carbocycles. The van der Waals surface area contributed by atoms with Crippen LogP contribution in [0.2, 0.25) is 0 Å². The highest BCUT2D eigenvalue weighted by Gasteiger charge is 2.34. The van der Waals surface area contributed by atoms with Crippen LogP contribution < -0.4 is 4.90 Å². The number of hydrogen-bond donors (Lipinski definition) is 1. The van der Waals surface area contributed by atoms with Gasteiger partial charge in [-0.05, 0) is 19.1 Å². The molecule has 18 heavy (non-hydrogen) atoms. The van der Waals surface area contributed by atoms with Crippen LogP contribution in [0.15, 0.2) is 12.1 Å². The Balaban J connectivity index is 2.34. The normalized spacial score (nSPS) is 20.6. The van der Waals surface area contributed by atoms with E-state index in [1.165, 1.54) is 17.9 Å². The molecular weight excluding hydrogens is 265 g/mol. The highest BCUT2D eigenvalue weighted by molar-refractivity contribution is 7.81. The minimum Gasteiger partial charge on any atom is -0.309 e. The predicted octanol–water partition coefficient (Wildman–Crippen LogP) is 2.44. The molecule has 7 heteroatoms. The molecule has 1 unspecified atom stereocenters. The molecule has 98 valence electrons. The van der Waals surface area contributed by atoms with Crippen LogP contribution >= 0.6 is 12.6 Å². The lowest BCUT2D eigenvalue weighted by molar-refractivity contribution is -0.141. The van der Waals surface area contributed by atoms with Crippen molar-refractivity contribution in [1.82, 2.24) is 4.98 Å².